The molecule has 0 aliphatic carbocycles. The van der Waals surface area contributed by atoms with Crippen LogP contribution in [-0.4, -0.2) is 24.7 Å². The van der Waals surface area contributed by atoms with Crippen molar-refractivity contribution >= 4 is 5.97 Å². The summed E-state index contributed by atoms with van der Waals surface area (Å²) in [5.41, 5.74) is -0.356. The van der Waals surface area contributed by atoms with Crippen molar-refractivity contribution in [3.8, 4) is 0 Å². The van der Waals surface area contributed by atoms with E-state index in [1.807, 2.05) is 20.8 Å². The van der Waals surface area contributed by atoms with Gasteiger partial charge in [-0.05, 0) is 52.1 Å². The maximum Gasteiger partial charge on any atom is 0.306 e. The molecule has 2 atom stereocenters. The molecule has 0 spiro atoms. The standard InChI is InChI=1S/C12H23NO2/c1-9-5-10(8-13-7-9)6-11(14)15-12(2,3)4/h9-10,13H,5-8H2,1-4H3/t9-,10-/m1/s1. The van der Waals surface area contributed by atoms with Gasteiger partial charge in [-0.1, -0.05) is 6.92 Å². The Balaban J connectivity index is 2.31. The van der Waals surface area contributed by atoms with Gasteiger partial charge in [-0.25, -0.2) is 0 Å². The number of ether oxygens (including phenoxy) is 1. The van der Waals surface area contributed by atoms with E-state index in [-0.39, 0.29) is 11.6 Å². The largest absolute Gasteiger partial charge is 0.460 e. The van der Waals surface area contributed by atoms with Crippen LogP contribution in [0.3, 0.4) is 0 Å². The summed E-state index contributed by atoms with van der Waals surface area (Å²) in [6.45, 7) is 9.97. The van der Waals surface area contributed by atoms with Gasteiger partial charge in [0.05, 0.1) is 0 Å². The molecule has 3 heteroatoms. The molecule has 1 heterocycles. The highest BCUT2D eigenvalue weighted by molar-refractivity contribution is 5.70. The maximum absolute atomic E-state index is 11.6. The van der Waals surface area contributed by atoms with Crippen molar-refractivity contribution in [2.75, 3.05) is 13.1 Å². The molecule has 0 unspecified atom stereocenters. The molecule has 1 N–H and O–H groups in total. The van der Waals surface area contributed by atoms with Crippen LogP contribution in [-0.2, 0) is 9.53 Å². The number of piperidine rings is 1. The Bertz CT molecular complexity index is 220. The third kappa shape index (κ3) is 5.17. The van der Waals surface area contributed by atoms with Crippen molar-refractivity contribution in [2.24, 2.45) is 11.8 Å². The lowest BCUT2D eigenvalue weighted by molar-refractivity contribution is -0.156. The molecule has 0 aromatic rings. The van der Waals surface area contributed by atoms with Crippen molar-refractivity contribution < 1.29 is 9.53 Å². The first-order valence-corrected chi connectivity index (χ1v) is 5.79. The summed E-state index contributed by atoms with van der Waals surface area (Å²) in [5.74, 6) is 1.05. The van der Waals surface area contributed by atoms with Gasteiger partial charge in [-0.3, -0.25) is 4.79 Å². The van der Waals surface area contributed by atoms with E-state index in [4.69, 9.17) is 4.74 Å². The average Bonchev–Trinajstić information content (AvgIpc) is 1.99. The minimum atomic E-state index is -0.356. The average molecular weight is 213 g/mol. The Hall–Kier alpha value is -0.570. The number of esters is 1. The van der Waals surface area contributed by atoms with E-state index in [9.17, 15) is 4.79 Å². The number of rotatable bonds is 2. The monoisotopic (exact) mass is 213 g/mol. The molecule has 3 nitrogen and oxygen atoms in total. The zero-order valence-corrected chi connectivity index (χ0v) is 10.3. The van der Waals surface area contributed by atoms with Gasteiger partial charge < -0.3 is 10.1 Å². The summed E-state index contributed by atoms with van der Waals surface area (Å²) in [6.07, 6.45) is 1.68. The van der Waals surface area contributed by atoms with Crippen LogP contribution in [0.1, 0.15) is 40.5 Å². The second-order valence-corrected chi connectivity index (χ2v) is 5.66. The molecular formula is C12H23NO2. The minimum Gasteiger partial charge on any atom is -0.460 e. The van der Waals surface area contributed by atoms with E-state index in [1.165, 1.54) is 0 Å². The predicted molar refractivity (Wildman–Crippen MR) is 60.6 cm³/mol. The molecule has 1 saturated heterocycles. The minimum absolute atomic E-state index is 0.0663. The maximum atomic E-state index is 11.6. The Morgan fingerprint density at radius 3 is 2.60 bits per heavy atom. The smallest absolute Gasteiger partial charge is 0.306 e. The third-order valence-electron chi connectivity index (χ3n) is 2.54. The van der Waals surface area contributed by atoms with E-state index >= 15 is 0 Å². The zero-order chi connectivity index (χ0) is 11.5. The van der Waals surface area contributed by atoms with Crippen molar-refractivity contribution in [3.05, 3.63) is 0 Å². The van der Waals surface area contributed by atoms with Crippen molar-refractivity contribution in [1.82, 2.24) is 5.32 Å². The molecule has 0 saturated carbocycles. The van der Waals surface area contributed by atoms with Gasteiger partial charge >= 0.3 is 5.97 Å². The van der Waals surface area contributed by atoms with E-state index in [0.717, 1.165) is 19.5 Å². The van der Waals surface area contributed by atoms with Gasteiger partial charge in [0.1, 0.15) is 5.60 Å². The fourth-order valence-electron chi connectivity index (χ4n) is 2.04. The quantitative estimate of drug-likeness (QED) is 0.713. The molecule has 0 aromatic carbocycles. The molecule has 0 aromatic heterocycles. The van der Waals surface area contributed by atoms with Crippen molar-refractivity contribution in [1.29, 1.82) is 0 Å². The number of hydrogen-bond acceptors (Lipinski definition) is 3. The van der Waals surface area contributed by atoms with Gasteiger partial charge in [-0.15, -0.1) is 0 Å². The number of nitrogens with one attached hydrogen (secondary N) is 1. The highest BCUT2D eigenvalue weighted by atomic mass is 16.6. The molecule has 1 fully saturated rings. The van der Waals surface area contributed by atoms with Crippen LogP contribution >= 0.6 is 0 Å². The molecule has 15 heavy (non-hydrogen) atoms. The molecule has 0 bridgehead atoms. The van der Waals surface area contributed by atoms with E-state index < -0.39 is 0 Å². The Kier molecular flexibility index (Phi) is 4.14. The fraction of sp³-hybridized carbons (Fsp3) is 0.917. The van der Waals surface area contributed by atoms with Gasteiger partial charge in [0.2, 0.25) is 0 Å². The third-order valence-corrected chi connectivity index (χ3v) is 2.54. The van der Waals surface area contributed by atoms with Crippen LogP contribution in [0.2, 0.25) is 0 Å². The molecule has 0 amide bonds. The van der Waals surface area contributed by atoms with E-state index in [0.29, 0.717) is 18.3 Å². The first kappa shape index (κ1) is 12.5. The SMILES string of the molecule is C[C@H]1CNC[C@@H](CC(=O)OC(C)(C)C)C1. The number of carbonyl (C=O) groups is 1. The van der Waals surface area contributed by atoms with Crippen LogP contribution in [0, 0.1) is 11.8 Å². The second-order valence-electron chi connectivity index (χ2n) is 5.66. The van der Waals surface area contributed by atoms with Gasteiger partial charge in [-0.2, -0.15) is 0 Å². The van der Waals surface area contributed by atoms with Gasteiger partial charge in [0, 0.05) is 6.42 Å². The highest BCUT2D eigenvalue weighted by Gasteiger charge is 2.24. The van der Waals surface area contributed by atoms with Crippen LogP contribution < -0.4 is 5.32 Å². The summed E-state index contributed by atoms with van der Waals surface area (Å²) in [5, 5.41) is 3.35. The van der Waals surface area contributed by atoms with Crippen molar-refractivity contribution in [3.63, 3.8) is 0 Å². The first-order chi connectivity index (χ1) is 6.87. The summed E-state index contributed by atoms with van der Waals surface area (Å²) in [6, 6.07) is 0. The fourth-order valence-corrected chi connectivity index (χ4v) is 2.04. The lowest BCUT2D eigenvalue weighted by Crippen LogP contribution is -2.37. The van der Waals surface area contributed by atoms with Crippen LogP contribution in [0.4, 0.5) is 0 Å². The Morgan fingerprint density at radius 1 is 1.40 bits per heavy atom. The zero-order valence-electron chi connectivity index (χ0n) is 10.3. The second kappa shape index (κ2) is 4.97. The molecular weight excluding hydrogens is 190 g/mol. The van der Waals surface area contributed by atoms with E-state index in [1.54, 1.807) is 0 Å². The van der Waals surface area contributed by atoms with Gasteiger partial charge in [0.15, 0.2) is 0 Å². The molecule has 1 aliphatic rings. The number of carbonyl (C=O) groups excluding carboxylic acids is 1. The molecule has 1 rings (SSSR count). The summed E-state index contributed by atoms with van der Waals surface area (Å²) in [4.78, 5) is 11.6. The van der Waals surface area contributed by atoms with Crippen LogP contribution in [0.25, 0.3) is 0 Å². The lowest BCUT2D eigenvalue weighted by atomic mass is 9.89. The topological polar surface area (TPSA) is 38.3 Å². The predicted octanol–water partition coefficient (Wildman–Crippen LogP) is 1.96. The Morgan fingerprint density at radius 2 is 2.07 bits per heavy atom. The molecule has 1 aliphatic heterocycles. The summed E-state index contributed by atoms with van der Waals surface area (Å²) in [7, 11) is 0. The van der Waals surface area contributed by atoms with E-state index in [2.05, 4.69) is 12.2 Å². The highest BCUT2D eigenvalue weighted by Crippen LogP contribution is 2.20. The summed E-state index contributed by atoms with van der Waals surface area (Å²) < 4.78 is 5.31. The first-order valence-electron chi connectivity index (χ1n) is 5.79. The molecule has 0 radical (unpaired) electrons. The van der Waals surface area contributed by atoms with Crippen molar-refractivity contribution in [2.45, 2.75) is 46.1 Å². The van der Waals surface area contributed by atoms with Crippen LogP contribution in [0.15, 0.2) is 0 Å². The summed E-state index contributed by atoms with van der Waals surface area (Å²) >= 11 is 0. The van der Waals surface area contributed by atoms with Crippen LogP contribution in [0.5, 0.6) is 0 Å². The number of hydrogen-bond donors (Lipinski definition) is 1. The normalized spacial score (nSPS) is 27.5. The molecule has 88 valence electrons. The van der Waals surface area contributed by atoms with Gasteiger partial charge in [0.25, 0.3) is 0 Å². The Labute approximate surface area is 92.6 Å². The lowest BCUT2D eigenvalue weighted by Gasteiger charge is -2.28.